The number of hydrogen-bond acceptors (Lipinski definition) is 6. The normalized spacial score (nSPS) is 11.2. The summed E-state index contributed by atoms with van der Waals surface area (Å²) in [6.07, 6.45) is 0.926. The summed E-state index contributed by atoms with van der Waals surface area (Å²) in [5.74, 6) is 0. The second-order valence-corrected chi connectivity index (χ2v) is 3.05. The predicted molar refractivity (Wildman–Crippen MR) is 36.2 cm³/mol. The SMILES string of the molecule is COc1ncnc(S(=O)(=O)O)n1. The third-order valence-corrected chi connectivity index (χ3v) is 1.60. The Morgan fingerprint density at radius 1 is 1.50 bits per heavy atom. The monoisotopic (exact) mass is 191 g/mol. The van der Waals surface area contributed by atoms with Crippen LogP contribution in [0.25, 0.3) is 0 Å². The Morgan fingerprint density at radius 2 is 2.17 bits per heavy atom. The van der Waals surface area contributed by atoms with Crippen LogP contribution in [-0.2, 0) is 10.1 Å². The molecule has 0 bridgehead atoms. The highest BCUT2D eigenvalue weighted by Gasteiger charge is 2.14. The molecule has 1 N–H and O–H groups in total. The Kier molecular flexibility index (Phi) is 2.20. The van der Waals surface area contributed by atoms with Gasteiger partial charge in [0, 0.05) is 0 Å². The molecule has 8 heteroatoms. The maximum Gasteiger partial charge on any atom is 0.330 e. The highest BCUT2D eigenvalue weighted by Crippen LogP contribution is 2.03. The van der Waals surface area contributed by atoms with Gasteiger partial charge in [0.2, 0.25) is 0 Å². The van der Waals surface area contributed by atoms with Crippen molar-refractivity contribution in [3.63, 3.8) is 0 Å². The van der Waals surface area contributed by atoms with Crippen LogP contribution >= 0.6 is 0 Å². The lowest BCUT2D eigenvalue weighted by atomic mass is 11.0. The topological polar surface area (TPSA) is 102 Å². The Labute approximate surface area is 68.2 Å². The lowest BCUT2D eigenvalue weighted by Crippen LogP contribution is -2.06. The number of ether oxygens (including phenoxy) is 1. The van der Waals surface area contributed by atoms with Gasteiger partial charge in [0.1, 0.15) is 6.33 Å². The molecule has 0 saturated carbocycles. The molecule has 7 nitrogen and oxygen atoms in total. The minimum Gasteiger partial charge on any atom is -0.467 e. The molecule has 0 radical (unpaired) electrons. The number of methoxy groups -OCH3 is 1. The Morgan fingerprint density at radius 3 is 2.67 bits per heavy atom. The van der Waals surface area contributed by atoms with Crippen LogP contribution in [0.15, 0.2) is 11.5 Å². The minimum absolute atomic E-state index is 0.169. The van der Waals surface area contributed by atoms with Crippen LogP contribution in [0.2, 0.25) is 0 Å². The zero-order valence-electron chi connectivity index (χ0n) is 6.00. The molecular formula is C4H5N3O4S. The van der Waals surface area contributed by atoms with E-state index in [1.54, 1.807) is 0 Å². The van der Waals surface area contributed by atoms with E-state index in [-0.39, 0.29) is 6.01 Å². The number of hydrogen-bond donors (Lipinski definition) is 1. The van der Waals surface area contributed by atoms with E-state index in [1.165, 1.54) is 7.11 Å². The molecule has 12 heavy (non-hydrogen) atoms. The maximum absolute atomic E-state index is 10.4. The standard InChI is InChI=1S/C4H5N3O4S/c1-11-3-5-2-6-4(7-3)12(8,9)10/h2H,1H3,(H,8,9,10). The van der Waals surface area contributed by atoms with E-state index < -0.39 is 15.3 Å². The van der Waals surface area contributed by atoms with Gasteiger partial charge in [-0.2, -0.15) is 18.4 Å². The molecule has 0 aliphatic carbocycles. The van der Waals surface area contributed by atoms with E-state index in [4.69, 9.17) is 4.55 Å². The van der Waals surface area contributed by atoms with Gasteiger partial charge < -0.3 is 4.74 Å². The fourth-order valence-electron chi connectivity index (χ4n) is 0.490. The zero-order chi connectivity index (χ0) is 9.19. The molecule has 0 amide bonds. The van der Waals surface area contributed by atoms with Crippen molar-refractivity contribution in [1.82, 2.24) is 15.0 Å². The smallest absolute Gasteiger partial charge is 0.330 e. The fraction of sp³-hybridized carbons (Fsp3) is 0.250. The molecule has 0 aliphatic heterocycles. The van der Waals surface area contributed by atoms with Crippen LogP contribution < -0.4 is 4.74 Å². The third-order valence-electron chi connectivity index (χ3n) is 0.941. The van der Waals surface area contributed by atoms with Gasteiger partial charge in [-0.3, -0.25) is 4.55 Å². The van der Waals surface area contributed by atoms with E-state index in [9.17, 15) is 8.42 Å². The summed E-state index contributed by atoms with van der Waals surface area (Å²) in [6, 6.07) is -0.169. The van der Waals surface area contributed by atoms with Gasteiger partial charge in [-0.15, -0.1) is 0 Å². The summed E-state index contributed by atoms with van der Waals surface area (Å²) < 4.78 is 33.9. The first kappa shape index (κ1) is 8.81. The van der Waals surface area contributed by atoms with Crippen molar-refractivity contribution in [2.24, 2.45) is 0 Å². The lowest BCUT2D eigenvalue weighted by Gasteiger charge is -1.96. The molecule has 0 spiro atoms. The molecule has 0 aliphatic rings. The van der Waals surface area contributed by atoms with Gasteiger partial charge in [0.05, 0.1) is 7.11 Å². The largest absolute Gasteiger partial charge is 0.467 e. The van der Waals surface area contributed by atoms with Gasteiger partial charge >= 0.3 is 16.1 Å². The first-order valence-corrected chi connectivity index (χ1v) is 4.18. The molecule has 1 heterocycles. The van der Waals surface area contributed by atoms with Crippen LogP contribution in [0.3, 0.4) is 0 Å². The highest BCUT2D eigenvalue weighted by molar-refractivity contribution is 7.85. The van der Waals surface area contributed by atoms with E-state index in [0.29, 0.717) is 0 Å². The van der Waals surface area contributed by atoms with Crippen molar-refractivity contribution in [2.75, 3.05) is 7.11 Å². The lowest BCUT2D eigenvalue weighted by molar-refractivity contribution is 0.369. The summed E-state index contributed by atoms with van der Waals surface area (Å²) in [5.41, 5.74) is 0. The second-order valence-electron chi connectivity index (χ2n) is 1.73. The molecule has 66 valence electrons. The van der Waals surface area contributed by atoms with Crippen LogP contribution in [0.4, 0.5) is 0 Å². The van der Waals surface area contributed by atoms with E-state index in [0.717, 1.165) is 6.33 Å². The predicted octanol–water partition coefficient (Wildman–Crippen LogP) is -0.873. The number of aromatic nitrogens is 3. The van der Waals surface area contributed by atoms with Gasteiger partial charge in [-0.05, 0) is 0 Å². The van der Waals surface area contributed by atoms with E-state index in [1.807, 2.05) is 0 Å². The summed E-state index contributed by atoms with van der Waals surface area (Å²) in [5, 5.41) is -0.727. The number of rotatable bonds is 2. The van der Waals surface area contributed by atoms with Crippen molar-refractivity contribution in [3.8, 4) is 6.01 Å². The van der Waals surface area contributed by atoms with Crippen LogP contribution in [0, 0.1) is 0 Å². The quantitative estimate of drug-likeness (QED) is 0.606. The first-order chi connectivity index (χ1) is 5.54. The molecule has 0 aromatic carbocycles. The highest BCUT2D eigenvalue weighted by atomic mass is 32.2. The van der Waals surface area contributed by atoms with Crippen LogP contribution in [0.5, 0.6) is 6.01 Å². The number of nitrogens with zero attached hydrogens (tertiary/aromatic N) is 3. The zero-order valence-corrected chi connectivity index (χ0v) is 6.82. The Balaban J connectivity index is 3.20. The van der Waals surface area contributed by atoms with Crippen LogP contribution in [-0.4, -0.2) is 35.0 Å². The second kappa shape index (κ2) is 2.99. The van der Waals surface area contributed by atoms with Gasteiger partial charge in [0.15, 0.2) is 0 Å². The molecule has 1 aromatic rings. The van der Waals surface area contributed by atoms with Crippen molar-refractivity contribution in [3.05, 3.63) is 6.33 Å². The average molecular weight is 191 g/mol. The maximum atomic E-state index is 10.4. The molecule has 1 rings (SSSR count). The average Bonchev–Trinajstić information content (AvgIpc) is 2.03. The van der Waals surface area contributed by atoms with Gasteiger partial charge in [-0.1, -0.05) is 0 Å². The molecule has 0 fully saturated rings. The summed E-state index contributed by atoms with van der Waals surface area (Å²) >= 11 is 0. The molecule has 1 aromatic heterocycles. The summed E-state index contributed by atoms with van der Waals surface area (Å²) in [6.45, 7) is 0. The molecular weight excluding hydrogens is 186 g/mol. The molecule has 0 unspecified atom stereocenters. The third kappa shape index (κ3) is 1.86. The summed E-state index contributed by atoms with van der Waals surface area (Å²) in [4.78, 5) is 9.95. The van der Waals surface area contributed by atoms with Crippen molar-refractivity contribution in [1.29, 1.82) is 0 Å². The van der Waals surface area contributed by atoms with E-state index >= 15 is 0 Å². The molecule has 0 atom stereocenters. The van der Waals surface area contributed by atoms with Crippen molar-refractivity contribution in [2.45, 2.75) is 5.16 Å². The van der Waals surface area contributed by atoms with E-state index in [2.05, 4.69) is 19.7 Å². The fourth-order valence-corrected chi connectivity index (χ4v) is 0.864. The Hall–Kier alpha value is -1.28. The van der Waals surface area contributed by atoms with Crippen molar-refractivity contribution >= 4 is 10.1 Å². The van der Waals surface area contributed by atoms with Gasteiger partial charge in [0.25, 0.3) is 5.16 Å². The van der Waals surface area contributed by atoms with Crippen molar-refractivity contribution < 1.29 is 17.7 Å². The minimum atomic E-state index is -4.38. The summed E-state index contributed by atoms with van der Waals surface area (Å²) in [7, 11) is -3.11. The molecule has 0 saturated heterocycles. The Bertz CT molecular complexity index is 376. The first-order valence-electron chi connectivity index (χ1n) is 2.74. The van der Waals surface area contributed by atoms with Gasteiger partial charge in [-0.25, -0.2) is 4.98 Å². The van der Waals surface area contributed by atoms with Crippen LogP contribution in [0.1, 0.15) is 0 Å².